The summed E-state index contributed by atoms with van der Waals surface area (Å²) in [6, 6.07) is 11.7. The first-order valence-corrected chi connectivity index (χ1v) is 9.35. The number of likely N-dealkylation sites (tertiary alicyclic amines) is 1. The number of rotatable bonds is 7. The van der Waals surface area contributed by atoms with E-state index in [0.717, 1.165) is 19.4 Å². The van der Waals surface area contributed by atoms with Gasteiger partial charge in [0, 0.05) is 18.2 Å². The van der Waals surface area contributed by atoms with Crippen LogP contribution in [0, 0.1) is 0 Å². The number of carbonyl (C=O) groups is 2. The molecular weight excluding hydrogens is 372 g/mol. The number of hydrogen-bond donors (Lipinski definition) is 2. The second-order valence-corrected chi connectivity index (χ2v) is 6.75. The van der Waals surface area contributed by atoms with E-state index in [1.54, 1.807) is 31.4 Å². The maximum atomic E-state index is 12.4. The number of ether oxygens (including phenoxy) is 2. The Bertz CT molecular complexity index is 925. The standard InChI is InChI=1S/C22H24N2O5/c1-24-14-6-11-20(24)29-21-15(7-5-10-18(21)28-2)12-13-19(25)23-17-9-4-3-8-16(17)22(26)27/h3-5,7-10,12-13,20H,6,11,14H2,1-2H3,(H,23,25)(H,26,27)/b13-12+. The summed E-state index contributed by atoms with van der Waals surface area (Å²) in [6.45, 7) is 0.969. The van der Waals surface area contributed by atoms with Crippen molar-refractivity contribution in [2.75, 3.05) is 26.0 Å². The number of carbonyl (C=O) groups excluding carboxylic acids is 1. The molecule has 1 aliphatic rings. The van der Waals surface area contributed by atoms with Crippen LogP contribution < -0.4 is 14.8 Å². The number of para-hydroxylation sites is 2. The molecule has 1 heterocycles. The van der Waals surface area contributed by atoms with Crippen LogP contribution in [-0.2, 0) is 4.79 Å². The Kier molecular flexibility index (Phi) is 6.51. The average molecular weight is 396 g/mol. The minimum absolute atomic E-state index is 0.0314. The molecule has 1 unspecified atom stereocenters. The molecule has 1 atom stereocenters. The van der Waals surface area contributed by atoms with Gasteiger partial charge in [-0.3, -0.25) is 9.69 Å². The molecule has 7 heteroatoms. The van der Waals surface area contributed by atoms with Gasteiger partial charge in [-0.25, -0.2) is 4.79 Å². The molecule has 3 rings (SSSR count). The van der Waals surface area contributed by atoms with Crippen LogP contribution in [0.15, 0.2) is 48.5 Å². The molecule has 2 aromatic rings. The third kappa shape index (κ3) is 4.94. The summed E-state index contributed by atoms with van der Waals surface area (Å²) >= 11 is 0. The zero-order valence-corrected chi connectivity index (χ0v) is 16.4. The number of anilines is 1. The number of aromatic carboxylic acids is 1. The Morgan fingerprint density at radius 3 is 2.69 bits per heavy atom. The Labute approximate surface area is 169 Å². The first-order valence-electron chi connectivity index (χ1n) is 9.35. The maximum absolute atomic E-state index is 12.4. The van der Waals surface area contributed by atoms with Crippen LogP contribution in [0.1, 0.15) is 28.8 Å². The number of carboxylic acids is 1. The zero-order valence-electron chi connectivity index (χ0n) is 16.4. The molecule has 0 saturated carbocycles. The first kappa shape index (κ1) is 20.4. The van der Waals surface area contributed by atoms with Crippen molar-refractivity contribution >= 4 is 23.6 Å². The Balaban J connectivity index is 1.79. The van der Waals surface area contributed by atoms with Crippen LogP contribution in [0.3, 0.4) is 0 Å². The smallest absolute Gasteiger partial charge is 0.337 e. The highest BCUT2D eigenvalue weighted by atomic mass is 16.5. The molecule has 1 fully saturated rings. The van der Waals surface area contributed by atoms with Gasteiger partial charge in [-0.05, 0) is 44.2 Å². The van der Waals surface area contributed by atoms with E-state index in [-0.39, 0.29) is 17.5 Å². The van der Waals surface area contributed by atoms with Gasteiger partial charge in [-0.1, -0.05) is 24.3 Å². The molecule has 7 nitrogen and oxygen atoms in total. The van der Waals surface area contributed by atoms with E-state index >= 15 is 0 Å². The molecule has 0 aromatic heterocycles. The number of amides is 1. The minimum atomic E-state index is -1.10. The fourth-order valence-corrected chi connectivity index (χ4v) is 3.23. The van der Waals surface area contributed by atoms with Gasteiger partial charge >= 0.3 is 5.97 Å². The topological polar surface area (TPSA) is 88.1 Å². The number of hydrogen-bond acceptors (Lipinski definition) is 5. The van der Waals surface area contributed by atoms with Crippen molar-refractivity contribution in [2.45, 2.75) is 19.1 Å². The van der Waals surface area contributed by atoms with Crippen molar-refractivity contribution in [1.82, 2.24) is 4.90 Å². The molecule has 1 saturated heterocycles. The van der Waals surface area contributed by atoms with Crippen LogP contribution in [0.25, 0.3) is 6.08 Å². The predicted molar refractivity (Wildman–Crippen MR) is 110 cm³/mol. The molecule has 1 aliphatic heterocycles. The van der Waals surface area contributed by atoms with Gasteiger partial charge in [0.15, 0.2) is 17.7 Å². The average Bonchev–Trinajstić information content (AvgIpc) is 3.12. The summed E-state index contributed by atoms with van der Waals surface area (Å²) in [7, 11) is 3.58. The Hall–Kier alpha value is -3.32. The van der Waals surface area contributed by atoms with E-state index in [1.807, 2.05) is 25.2 Å². The van der Waals surface area contributed by atoms with Crippen LogP contribution in [0.4, 0.5) is 5.69 Å². The van der Waals surface area contributed by atoms with Gasteiger partial charge in [-0.2, -0.15) is 0 Å². The van der Waals surface area contributed by atoms with E-state index in [2.05, 4.69) is 10.2 Å². The molecule has 0 aliphatic carbocycles. The Morgan fingerprint density at radius 2 is 2.00 bits per heavy atom. The molecular formula is C22H24N2O5. The predicted octanol–water partition coefficient (Wildman–Crippen LogP) is 3.48. The summed E-state index contributed by atoms with van der Waals surface area (Å²) in [5.41, 5.74) is 0.972. The van der Waals surface area contributed by atoms with Gasteiger partial charge in [0.05, 0.1) is 18.4 Å². The fraction of sp³-hybridized carbons (Fsp3) is 0.273. The summed E-state index contributed by atoms with van der Waals surface area (Å²) in [5.74, 6) is -0.382. The van der Waals surface area contributed by atoms with E-state index in [4.69, 9.17) is 9.47 Å². The molecule has 152 valence electrons. The van der Waals surface area contributed by atoms with Crippen molar-refractivity contribution in [3.05, 3.63) is 59.7 Å². The summed E-state index contributed by atoms with van der Waals surface area (Å²) in [6.07, 6.45) is 4.91. The summed E-state index contributed by atoms with van der Waals surface area (Å²) < 4.78 is 11.6. The summed E-state index contributed by atoms with van der Waals surface area (Å²) in [5, 5.41) is 11.8. The van der Waals surface area contributed by atoms with Crippen LogP contribution in [-0.4, -0.2) is 48.8 Å². The van der Waals surface area contributed by atoms with Crippen molar-refractivity contribution in [3.63, 3.8) is 0 Å². The van der Waals surface area contributed by atoms with E-state index < -0.39 is 11.9 Å². The molecule has 2 N–H and O–H groups in total. The highest BCUT2D eigenvalue weighted by Crippen LogP contribution is 2.34. The normalized spacial score (nSPS) is 16.7. The van der Waals surface area contributed by atoms with Crippen molar-refractivity contribution in [2.24, 2.45) is 0 Å². The lowest BCUT2D eigenvalue weighted by Crippen LogP contribution is -2.30. The third-order valence-electron chi connectivity index (χ3n) is 4.77. The molecule has 29 heavy (non-hydrogen) atoms. The zero-order chi connectivity index (χ0) is 20.8. The van der Waals surface area contributed by atoms with Gasteiger partial charge < -0.3 is 19.9 Å². The van der Waals surface area contributed by atoms with Gasteiger partial charge in [0.25, 0.3) is 0 Å². The largest absolute Gasteiger partial charge is 0.493 e. The molecule has 0 spiro atoms. The number of methoxy groups -OCH3 is 1. The van der Waals surface area contributed by atoms with Crippen molar-refractivity contribution < 1.29 is 24.2 Å². The summed E-state index contributed by atoms with van der Waals surface area (Å²) in [4.78, 5) is 25.8. The van der Waals surface area contributed by atoms with Crippen LogP contribution >= 0.6 is 0 Å². The second-order valence-electron chi connectivity index (χ2n) is 6.75. The lowest BCUT2D eigenvalue weighted by atomic mass is 10.1. The SMILES string of the molecule is COc1cccc(/C=C/C(=O)Nc2ccccc2C(=O)O)c1OC1CCCN1C. The monoisotopic (exact) mass is 396 g/mol. The maximum Gasteiger partial charge on any atom is 0.337 e. The lowest BCUT2D eigenvalue weighted by Gasteiger charge is -2.23. The number of carboxylic acid groups (broad SMARTS) is 1. The van der Waals surface area contributed by atoms with E-state index in [9.17, 15) is 14.7 Å². The number of nitrogens with zero attached hydrogens (tertiary/aromatic N) is 1. The van der Waals surface area contributed by atoms with Crippen LogP contribution in [0.5, 0.6) is 11.5 Å². The van der Waals surface area contributed by atoms with Gasteiger partial charge in [0.2, 0.25) is 5.91 Å². The number of nitrogens with one attached hydrogen (secondary N) is 1. The lowest BCUT2D eigenvalue weighted by molar-refractivity contribution is -0.111. The van der Waals surface area contributed by atoms with Gasteiger partial charge in [0.1, 0.15) is 0 Å². The van der Waals surface area contributed by atoms with Crippen molar-refractivity contribution in [3.8, 4) is 11.5 Å². The minimum Gasteiger partial charge on any atom is -0.493 e. The Morgan fingerprint density at radius 1 is 1.21 bits per heavy atom. The fourth-order valence-electron chi connectivity index (χ4n) is 3.23. The third-order valence-corrected chi connectivity index (χ3v) is 4.77. The molecule has 0 radical (unpaired) electrons. The van der Waals surface area contributed by atoms with E-state index in [0.29, 0.717) is 17.1 Å². The van der Waals surface area contributed by atoms with Crippen molar-refractivity contribution in [1.29, 1.82) is 0 Å². The molecule has 0 bridgehead atoms. The highest BCUT2D eigenvalue weighted by Gasteiger charge is 2.24. The molecule has 2 aromatic carbocycles. The number of benzene rings is 2. The van der Waals surface area contributed by atoms with E-state index in [1.165, 1.54) is 12.1 Å². The first-order chi connectivity index (χ1) is 14.0. The highest BCUT2D eigenvalue weighted by molar-refractivity contribution is 6.06. The second kappa shape index (κ2) is 9.25. The van der Waals surface area contributed by atoms with Gasteiger partial charge in [-0.15, -0.1) is 0 Å². The quantitative estimate of drug-likeness (QED) is 0.697. The molecule has 1 amide bonds. The van der Waals surface area contributed by atoms with Crippen LogP contribution in [0.2, 0.25) is 0 Å².